The van der Waals surface area contributed by atoms with Crippen molar-refractivity contribution in [3.63, 3.8) is 0 Å². The van der Waals surface area contributed by atoms with Gasteiger partial charge in [-0.05, 0) is 37.2 Å². The monoisotopic (exact) mass is 495 g/mol. The summed E-state index contributed by atoms with van der Waals surface area (Å²) in [6.07, 6.45) is 10.5. The summed E-state index contributed by atoms with van der Waals surface area (Å²) < 4.78 is 0. The van der Waals surface area contributed by atoms with Crippen LogP contribution in [-0.2, 0) is 22.4 Å². The van der Waals surface area contributed by atoms with Gasteiger partial charge in [0.05, 0.1) is 17.4 Å². The number of aliphatic carboxylic acids is 1. The lowest BCUT2D eigenvalue weighted by Crippen LogP contribution is -2.56. The van der Waals surface area contributed by atoms with Gasteiger partial charge in [-0.25, -0.2) is 9.78 Å². The van der Waals surface area contributed by atoms with Crippen molar-refractivity contribution in [1.82, 2.24) is 25.5 Å². The van der Waals surface area contributed by atoms with E-state index in [0.717, 1.165) is 36.9 Å². The molecule has 1 aromatic carbocycles. The third-order valence-corrected chi connectivity index (χ3v) is 7.89. The number of carboxylic acids is 1. The Hall–Kier alpha value is -3.36. The molecule has 2 heterocycles. The molecule has 2 aliphatic rings. The first kappa shape index (κ1) is 25.7. The Morgan fingerprint density at radius 2 is 1.83 bits per heavy atom. The number of likely N-dealkylation sites (tertiary alicyclic amines) is 1. The maximum Gasteiger partial charge on any atom is 0.315 e. The second-order valence-corrected chi connectivity index (χ2v) is 10.1. The number of hydrogen-bond donors (Lipinski definition) is 4. The van der Waals surface area contributed by atoms with Gasteiger partial charge < -0.3 is 25.6 Å². The quantitative estimate of drug-likeness (QED) is 0.425. The molecule has 4 N–H and O–H groups in total. The van der Waals surface area contributed by atoms with E-state index >= 15 is 0 Å². The second kappa shape index (κ2) is 12.1. The molecule has 1 saturated carbocycles. The van der Waals surface area contributed by atoms with Gasteiger partial charge in [0.1, 0.15) is 6.04 Å². The fourth-order valence-electron chi connectivity index (χ4n) is 5.79. The molecule has 2 fully saturated rings. The van der Waals surface area contributed by atoms with Crippen LogP contribution in [0.15, 0.2) is 42.9 Å². The van der Waals surface area contributed by atoms with E-state index in [1.165, 1.54) is 6.42 Å². The fraction of sp³-hybridized carbons (Fsp3) is 0.556. The molecule has 1 aromatic heterocycles. The average Bonchev–Trinajstić information content (AvgIpc) is 3.42. The predicted molar refractivity (Wildman–Crippen MR) is 135 cm³/mol. The van der Waals surface area contributed by atoms with Gasteiger partial charge in [-0.1, -0.05) is 49.6 Å². The Kier molecular flexibility index (Phi) is 8.61. The fourth-order valence-corrected chi connectivity index (χ4v) is 5.79. The van der Waals surface area contributed by atoms with Crippen LogP contribution >= 0.6 is 0 Å². The molecule has 1 saturated heterocycles. The first-order valence-electron chi connectivity index (χ1n) is 13.1. The molecule has 0 radical (unpaired) electrons. The Labute approximate surface area is 212 Å². The third kappa shape index (κ3) is 6.25. The number of hydrogen-bond acceptors (Lipinski definition) is 4. The number of nitrogens with zero attached hydrogens (tertiary/aromatic N) is 2. The summed E-state index contributed by atoms with van der Waals surface area (Å²) in [5.41, 5.74) is 1.05. The Morgan fingerprint density at radius 1 is 1.11 bits per heavy atom. The van der Waals surface area contributed by atoms with Crippen molar-refractivity contribution in [3.05, 3.63) is 54.1 Å². The number of aromatic amines is 1. The maximum atomic E-state index is 13.6. The molecular formula is C27H37N5O4. The highest BCUT2D eigenvalue weighted by molar-refractivity contribution is 5.87. The number of carbonyl (C=O) groups is 3. The molecule has 4 rings (SSSR count). The van der Waals surface area contributed by atoms with Gasteiger partial charge in [-0.2, -0.15) is 0 Å². The molecule has 1 unspecified atom stereocenters. The lowest BCUT2D eigenvalue weighted by Gasteiger charge is -2.45. The van der Waals surface area contributed by atoms with Gasteiger partial charge in [-0.15, -0.1) is 0 Å². The van der Waals surface area contributed by atoms with Gasteiger partial charge in [0.2, 0.25) is 5.91 Å². The van der Waals surface area contributed by atoms with E-state index in [1.807, 2.05) is 30.3 Å². The molecule has 9 heteroatoms. The molecule has 9 nitrogen and oxygen atoms in total. The summed E-state index contributed by atoms with van der Waals surface area (Å²) in [6, 6.07) is 8.47. The lowest BCUT2D eigenvalue weighted by molar-refractivity contribution is -0.160. The van der Waals surface area contributed by atoms with Crippen LogP contribution in [-0.4, -0.2) is 63.6 Å². The highest BCUT2D eigenvalue weighted by Crippen LogP contribution is 2.46. The van der Waals surface area contributed by atoms with E-state index in [0.29, 0.717) is 45.3 Å². The molecule has 36 heavy (non-hydrogen) atoms. The van der Waals surface area contributed by atoms with Crippen LogP contribution < -0.4 is 10.6 Å². The number of carbonyl (C=O) groups excluding carboxylic acids is 2. The van der Waals surface area contributed by atoms with Gasteiger partial charge in [0.15, 0.2) is 0 Å². The summed E-state index contributed by atoms with van der Waals surface area (Å²) in [4.78, 5) is 47.4. The number of urea groups is 1. The molecule has 194 valence electrons. The predicted octanol–water partition coefficient (Wildman–Crippen LogP) is 3.14. The van der Waals surface area contributed by atoms with Crippen LogP contribution in [0.3, 0.4) is 0 Å². The minimum atomic E-state index is -0.747. The van der Waals surface area contributed by atoms with Crippen molar-refractivity contribution in [1.29, 1.82) is 0 Å². The third-order valence-electron chi connectivity index (χ3n) is 7.89. The molecule has 2 aromatic rings. The first-order chi connectivity index (χ1) is 17.5. The topological polar surface area (TPSA) is 127 Å². The van der Waals surface area contributed by atoms with Crippen LogP contribution in [0, 0.1) is 11.3 Å². The van der Waals surface area contributed by atoms with Crippen molar-refractivity contribution < 1.29 is 19.5 Å². The van der Waals surface area contributed by atoms with Crippen LogP contribution in [0.2, 0.25) is 0 Å². The minimum absolute atomic E-state index is 0.163. The molecule has 0 spiro atoms. The summed E-state index contributed by atoms with van der Waals surface area (Å²) in [5.74, 6) is -0.708. The van der Waals surface area contributed by atoms with E-state index in [9.17, 15) is 19.5 Å². The van der Waals surface area contributed by atoms with Gasteiger partial charge in [-0.3, -0.25) is 9.59 Å². The summed E-state index contributed by atoms with van der Waals surface area (Å²) >= 11 is 0. The number of piperidine rings is 1. The van der Waals surface area contributed by atoms with Gasteiger partial charge >= 0.3 is 12.0 Å². The van der Waals surface area contributed by atoms with Crippen molar-refractivity contribution >= 4 is 17.9 Å². The van der Waals surface area contributed by atoms with Crippen molar-refractivity contribution in [2.75, 3.05) is 19.6 Å². The van der Waals surface area contributed by atoms with Crippen LogP contribution in [0.25, 0.3) is 0 Å². The van der Waals surface area contributed by atoms with Gasteiger partial charge in [0.25, 0.3) is 0 Å². The van der Waals surface area contributed by atoms with Gasteiger partial charge in [0, 0.05) is 38.7 Å². The van der Waals surface area contributed by atoms with Crippen molar-refractivity contribution in [2.24, 2.45) is 11.3 Å². The molecular weight excluding hydrogens is 458 g/mol. The zero-order valence-electron chi connectivity index (χ0n) is 20.7. The SMILES string of the molecule is O=C(NCCc1c[nH]cn1)NC(Cc1ccccc1)C(=O)N1CCC(C(=O)O)(C2CCCCC2)CC1. The van der Waals surface area contributed by atoms with E-state index in [-0.39, 0.29) is 11.8 Å². The molecule has 0 bridgehead atoms. The van der Waals surface area contributed by atoms with Crippen molar-refractivity contribution in [3.8, 4) is 0 Å². The van der Waals surface area contributed by atoms with Crippen LogP contribution in [0.5, 0.6) is 0 Å². The maximum absolute atomic E-state index is 13.6. The van der Waals surface area contributed by atoms with Crippen LogP contribution in [0.4, 0.5) is 4.79 Å². The summed E-state index contributed by atoms with van der Waals surface area (Å²) in [6.45, 7) is 1.19. The molecule has 1 aliphatic carbocycles. The number of imidazole rings is 1. The lowest BCUT2D eigenvalue weighted by atomic mass is 9.64. The van der Waals surface area contributed by atoms with Crippen molar-refractivity contribution in [2.45, 2.75) is 63.8 Å². The number of aromatic nitrogens is 2. The standard InChI is InChI=1S/C27H37N5O4/c33-24(32-15-12-27(13-16-32,25(34)35)21-9-5-2-6-10-21)23(17-20-7-3-1-4-8-20)31-26(36)29-14-11-22-18-28-19-30-22/h1,3-4,7-8,18-19,21,23H,2,5-6,9-17H2,(H,28,30)(H,34,35)(H2,29,31,36). The molecule has 1 atom stereocenters. The Bertz CT molecular complexity index is 996. The number of nitrogens with one attached hydrogen (secondary N) is 3. The largest absolute Gasteiger partial charge is 0.481 e. The Morgan fingerprint density at radius 3 is 2.47 bits per heavy atom. The second-order valence-electron chi connectivity index (χ2n) is 10.1. The van der Waals surface area contributed by atoms with E-state index < -0.39 is 23.5 Å². The number of H-pyrrole nitrogens is 1. The number of amides is 3. The van der Waals surface area contributed by atoms with E-state index in [4.69, 9.17) is 0 Å². The highest BCUT2D eigenvalue weighted by Gasteiger charge is 2.48. The number of carboxylic acid groups (broad SMARTS) is 1. The minimum Gasteiger partial charge on any atom is -0.481 e. The summed E-state index contributed by atoms with van der Waals surface area (Å²) in [5, 5.41) is 15.8. The highest BCUT2D eigenvalue weighted by atomic mass is 16.4. The zero-order valence-corrected chi connectivity index (χ0v) is 20.7. The number of benzene rings is 1. The molecule has 3 amide bonds. The zero-order chi connectivity index (χ0) is 25.4. The Balaban J connectivity index is 1.39. The first-order valence-corrected chi connectivity index (χ1v) is 13.1. The average molecular weight is 496 g/mol. The van der Waals surface area contributed by atoms with E-state index in [2.05, 4.69) is 20.6 Å². The molecule has 1 aliphatic heterocycles. The smallest absolute Gasteiger partial charge is 0.315 e. The van der Waals surface area contributed by atoms with E-state index in [1.54, 1.807) is 17.4 Å². The van der Waals surface area contributed by atoms with Crippen LogP contribution in [0.1, 0.15) is 56.2 Å². The normalized spacial score (nSPS) is 18.8. The number of rotatable bonds is 9. The summed E-state index contributed by atoms with van der Waals surface area (Å²) in [7, 11) is 0.